The molecular formula is C15H16ClNS. The Morgan fingerprint density at radius 2 is 2.28 bits per heavy atom. The second kappa shape index (κ2) is 5.04. The molecule has 1 aromatic carbocycles. The molecule has 2 aromatic rings. The van der Waals surface area contributed by atoms with Gasteiger partial charge in [0.1, 0.15) is 0 Å². The molecule has 1 heterocycles. The highest BCUT2D eigenvalue weighted by Gasteiger charge is 2.24. The summed E-state index contributed by atoms with van der Waals surface area (Å²) in [6, 6.07) is 9.10. The van der Waals surface area contributed by atoms with Gasteiger partial charge in [-0.1, -0.05) is 36.7 Å². The molecule has 0 bridgehead atoms. The van der Waals surface area contributed by atoms with Crippen LogP contribution in [0.5, 0.6) is 0 Å². The molecule has 1 atom stereocenters. The molecule has 3 rings (SSSR count). The summed E-state index contributed by atoms with van der Waals surface area (Å²) in [6.07, 6.45) is 2.35. The lowest BCUT2D eigenvalue weighted by molar-refractivity contribution is 0.549. The fourth-order valence-electron chi connectivity index (χ4n) is 2.81. The zero-order chi connectivity index (χ0) is 12.5. The Morgan fingerprint density at radius 1 is 1.39 bits per heavy atom. The smallest absolute Gasteiger partial charge is 0.0592 e. The monoisotopic (exact) mass is 277 g/mol. The first-order chi connectivity index (χ1) is 8.81. The summed E-state index contributed by atoms with van der Waals surface area (Å²) >= 11 is 8.00. The quantitative estimate of drug-likeness (QED) is 0.860. The number of hydrogen-bond donors (Lipinski definition) is 1. The Bertz CT molecular complexity index is 561. The van der Waals surface area contributed by atoms with Crippen molar-refractivity contribution in [3.8, 4) is 10.4 Å². The summed E-state index contributed by atoms with van der Waals surface area (Å²) in [5, 5.41) is 6.50. The summed E-state index contributed by atoms with van der Waals surface area (Å²) in [6.45, 7) is 3.19. The first-order valence-electron chi connectivity index (χ1n) is 6.39. The Hall–Kier alpha value is -0.830. The van der Waals surface area contributed by atoms with Gasteiger partial charge in [-0.15, -0.1) is 11.3 Å². The van der Waals surface area contributed by atoms with Crippen molar-refractivity contribution >= 4 is 22.9 Å². The Balaban J connectivity index is 2.07. The molecule has 0 fully saturated rings. The lowest BCUT2D eigenvalue weighted by Gasteiger charge is -2.13. The summed E-state index contributed by atoms with van der Waals surface area (Å²) < 4.78 is 0. The summed E-state index contributed by atoms with van der Waals surface area (Å²) in [4.78, 5) is 1.21. The van der Waals surface area contributed by atoms with E-state index in [1.54, 1.807) is 11.3 Å². The number of benzene rings is 1. The van der Waals surface area contributed by atoms with E-state index in [9.17, 15) is 0 Å². The van der Waals surface area contributed by atoms with E-state index in [2.05, 4.69) is 35.8 Å². The number of rotatable bonds is 3. The number of nitrogens with one attached hydrogen (secondary N) is 1. The average Bonchev–Trinajstić information content (AvgIpc) is 2.97. The lowest BCUT2D eigenvalue weighted by atomic mass is 10.0. The van der Waals surface area contributed by atoms with Crippen molar-refractivity contribution in [1.82, 2.24) is 5.32 Å². The fraction of sp³-hybridized carbons (Fsp3) is 0.333. The Morgan fingerprint density at radius 3 is 3.00 bits per heavy atom. The SMILES string of the molecule is CCNC1CCc2c(-c3sccc3Cl)cccc21. The maximum Gasteiger partial charge on any atom is 0.0592 e. The van der Waals surface area contributed by atoms with E-state index in [1.165, 1.54) is 28.0 Å². The van der Waals surface area contributed by atoms with Crippen LogP contribution in [-0.4, -0.2) is 6.54 Å². The van der Waals surface area contributed by atoms with Crippen molar-refractivity contribution in [2.45, 2.75) is 25.8 Å². The molecule has 1 aliphatic rings. The second-order valence-corrected chi connectivity index (χ2v) is 5.94. The van der Waals surface area contributed by atoms with Gasteiger partial charge in [0.25, 0.3) is 0 Å². The lowest BCUT2D eigenvalue weighted by Crippen LogP contribution is -2.18. The average molecular weight is 278 g/mol. The van der Waals surface area contributed by atoms with Crippen LogP contribution in [0.3, 0.4) is 0 Å². The van der Waals surface area contributed by atoms with Gasteiger partial charge in [0.2, 0.25) is 0 Å². The van der Waals surface area contributed by atoms with Crippen molar-refractivity contribution in [2.24, 2.45) is 0 Å². The Kier molecular flexibility index (Phi) is 3.42. The van der Waals surface area contributed by atoms with Gasteiger partial charge < -0.3 is 5.32 Å². The van der Waals surface area contributed by atoms with Crippen molar-refractivity contribution in [2.75, 3.05) is 6.54 Å². The molecule has 3 heteroatoms. The molecule has 0 amide bonds. The van der Waals surface area contributed by atoms with Crippen molar-refractivity contribution in [1.29, 1.82) is 0 Å². The van der Waals surface area contributed by atoms with Gasteiger partial charge >= 0.3 is 0 Å². The van der Waals surface area contributed by atoms with Gasteiger partial charge in [-0.3, -0.25) is 0 Å². The molecule has 0 spiro atoms. The molecule has 1 unspecified atom stereocenters. The molecule has 1 aromatic heterocycles. The zero-order valence-corrected chi connectivity index (χ0v) is 11.9. The van der Waals surface area contributed by atoms with Crippen LogP contribution >= 0.6 is 22.9 Å². The first kappa shape index (κ1) is 12.2. The van der Waals surface area contributed by atoms with Gasteiger partial charge in [0, 0.05) is 6.04 Å². The van der Waals surface area contributed by atoms with Crippen LogP contribution in [0.25, 0.3) is 10.4 Å². The van der Waals surface area contributed by atoms with E-state index < -0.39 is 0 Å². The van der Waals surface area contributed by atoms with E-state index in [0.29, 0.717) is 6.04 Å². The number of hydrogen-bond acceptors (Lipinski definition) is 2. The van der Waals surface area contributed by atoms with Gasteiger partial charge in [-0.25, -0.2) is 0 Å². The molecule has 0 saturated carbocycles. The van der Waals surface area contributed by atoms with E-state index in [4.69, 9.17) is 11.6 Å². The number of fused-ring (bicyclic) bond motifs is 1. The van der Waals surface area contributed by atoms with E-state index in [1.807, 2.05) is 6.07 Å². The highest BCUT2D eigenvalue weighted by molar-refractivity contribution is 7.14. The third-order valence-corrected chi connectivity index (χ3v) is 4.96. The van der Waals surface area contributed by atoms with Crippen molar-refractivity contribution < 1.29 is 0 Å². The largest absolute Gasteiger partial charge is 0.310 e. The number of thiophene rings is 1. The minimum absolute atomic E-state index is 0.517. The standard InChI is InChI=1S/C15H16ClNS/c1-2-17-14-7-6-10-11(14)4-3-5-12(10)15-13(16)8-9-18-15/h3-5,8-9,14,17H,2,6-7H2,1H3. The summed E-state index contributed by atoms with van der Waals surface area (Å²) in [5.41, 5.74) is 4.26. The molecule has 0 saturated heterocycles. The molecule has 18 heavy (non-hydrogen) atoms. The van der Waals surface area contributed by atoms with E-state index >= 15 is 0 Å². The van der Waals surface area contributed by atoms with Gasteiger partial charge in [0.15, 0.2) is 0 Å². The van der Waals surface area contributed by atoms with E-state index in [-0.39, 0.29) is 0 Å². The van der Waals surface area contributed by atoms with Crippen LogP contribution in [-0.2, 0) is 6.42 Å². The number of halogens is 1. The first-order valence-corrected chi connectivity index (χ1v) is 7.65. The van der Waals surface area contributed by atoms with Crippen LogP contribution < -0.4 is 5.32 Å². The van der Waals surface area contributed by atoms with Gasteiger partial charge in [-0.05, 0) is 47.5 Å². The predicted molar refractivity (Wildman–Crippen MR) is 79.5 cm³/mol. The molecule has 0 aliphatic heterocycles. The van der Waals surface area contributed by atoms with Crippen LogP contribution in [0.1, 0.15) is 30.5 Å². The normalized spacial score (nSPS) is 18.0. The molecule has 1 N–H and O–H groups in total. The third-order valence-electron chi connectivity index (χ3n) is 3.58. The molecule has 1 aliphatic carbocycles. The van der Waals surface area contributed by atoms with Crippen molar-refractivity contribution in [3.63, 3.8) is 0 Å². The maximum atomic E-state index is 6.27. The molecule has 94 valence electrons. The van der Waals surface area contributed by atoms with E-state index in [0.717, 1.165) is 18.0 Å². The maximum absolute atomic E-state index is 6.27. The Labute approximate surface area is 117 Å². The molecule has 1 nitrogen and oxygen atoms in total. The van der Waals surface area contributed by atoms with Crippen LogP contribution in [0.15, 0.2) is 29.6 Å². The molecule has 0 radical (unpaired) electrons. The zero-order valence-electron chi connectivity index (χ0n) is 10.4. The highest BCUT2D eigenvalue weighted by atomic mass is 35.5. The predicted octanol–water partition coefficient (Wildman–Crippen LogP) is 4.67. The minimum atomic E-state index is 0.517. The highest BCUT2D eigenvalue weighted by Crippen LogP contribution is 2.41. The summed E-state index contributed by atoms with van der Waals surface area (Å²) in [7, 11) is 0. The molecular weight excluding hydrogens is 262 g/mol. The second-order valence-electron chi connectivity index (χ2n) is 4.62. The van der Waals surface area contributed by atoms with Gasteiger partial charge in [-0.2, -0.15) is 0 Å². The van der Waals surface area contributed by atoms with Gasteiger partial charge in [0.05, 0.1) is 9.90 Å². The fourth-order valence-corrected chi connectivity index (χ4v) is 4.02. The topological polar surface area (TPSA) is 12.0 Å². The van der Waals surface area contributed by atoms with Crippen LogP contribution in [0.2, 0.25) is 5.02 Å². The van der Waals surface area contributed by atoms with Crippen molar-refractivity contribution in [3.05, 3.63) is 45.8 Å². The third kappa shape index (κ3) is 1.99. The minimum Gasteiger partial charge on any atom is -0.310 e. The van der Waals surface area contributed by atoms with Crippen LogP contribution in [0, 0.1) is 0 Å². The van der Waals surface area contributed by atoms with Crippen LogP contribution in [0.4, 0.5) is 0 Å². The summed E-state index contributed by atoms with van der Waals surface area (Å²) in [5.74, 6) is 0.